The summed E-state index contributed by atoms with van der Waals surface area (Å²) in [5.41, 5.74) is 8.71. The van der Waals surface area contributed by atoms with Crippen LogP contribution in [0.5, 0.6) is 11.5 Å². The molecule has 0 radical (unpaired) electrons. The van der Waals surface area contributed by atoms with Crippen molar-refractivity contribution in [3.05, 3.63) is 164 Å². The monoisotopic (exact) mass is 860 g/mol. The summed E-state index contributed by atoms with van der Waals surface area (Å²) in [7, 11) is 0. The summed E-state index contributed by atoms with van der Waals surface area (Å²) in [5.74, 6) is 2.07. The summed E-state index contributed by atoms with van der Waals surface area (Å²) in [5, 5.41) is 2.24. The maximum Gasteiger partial charge on any atom is 0.135 e. The molecule has 7 aromatic rings. The SMILES string of the molecule is CC(C)(C)c1ccc(N2C=CN(c3[c-]c(Oc4[c-]c5c(cc4)c4ccccc4n5-c4cc(C(C)(C)C)ccn4)cc(-c4ccccc4)c3)[CH-]2)cc1.[Pt]. The molecular weight excluding hydrogens is 820 g/mol. The van der Waals surface area contributed by atoms with Gasteiger partial charge in [-0.3, -0.25) is 0 Å². The van der Waals surface area contributed by atoms with E-state index in [9.17, 15) is 0 Å². The minimum atomic E-state index is -0.0123. The van der Waals surface area contributed by atoms with Gasteiger partial charge in [-0.1, -0.05) is 108 Å². The molecule has 52 heavy (non-hydrogen) atoms. The minimum absolute atomic E-state index is 0. The molecule has 0 aliphatic carbocycles. The quantitative estimate of drug-likeness (QED) is 0.156. The summed E-state index contributed by atoms with van der Waals surface area (Å²) in [6, 6.07) is 47.3. The van der Waals surface area contributed by atoms with Crippen LogP contribution in [0.15, 0.2) is 134 Å². The Kier molecular flexibility index (Phi) is 9.35. The molecule has 5 nitrogen and oxygen atoms in total. The van der Waals surface area contributed by atoms with Crippen molar-refractivity contribution in [1.82, 2.24) is 9.55 Å². The number of anilines is 2. The number of rotatable bonds is 6. The second-order valence-electron chi connectivity index (χ2n) is 15.2. The number of fused-ring (bicyclic) bond motifs is 3. The van der Waals surface area contributed by atoms with Crippen LogP contribution >= 0.6 is 0 Å². The van der Waals surface area contributed by atoms with Crippen molar-refractivity contribution >= 4 is 33.2 Å². The van der Waals surface area contributed by atoms with Crippen LogP contribution in [0, 0.1) is 18.8 Å². The molecule has 0 bridgehead atoms. The van der Waals surface area contributed by atoms with Crippen LogP contribution in [0.25, 0.3) is 38.8 Å². The van der Waals surface area contributed by atoms with Crippen LogP contribution in [-0.4, -0.2) is 9.55 Å². The van der Waals surface area contributed by atoms with Crippen molar-refractivity contribution in [3.8, 4) is 28.4 Å². The minimum Gasteiger partial charge on any atom is -0.509 e. The molecule has 1 aliphatic rings. The molecule has 2 aromatic heterocycles. The van der Waals surface area contributed by atoms with E-state index in [1.807, 2.05) is 24.4 Å². The average Bonchev–Trinajstić information content (AvgIpc) is 3.75. The topological polar surface area (TPSA) is 33.5 Å². The Morgan fingerprint density at radius 1 is 0.615 bits per heavy atom. The molecule has 5 aromatic carbocycles. The summed E-state index contributed by atoms with van der Waals surface area (Å²) < 4.78 is 8.84. The maximum absolute atomic E-state index is 6.65. The fraction of sp³-hybridized carbons (Fsp3) is 0.174. The van der Waals surface area contributed by atoms with E-state index >= 15 is 0 Å². The molecule has 8 rings (SSSR count). The first-order valence-corrected chi connectivity index (χ1v) is 17.4. The van der Waals surface area contributed by atoms with E-state index in [1.54, 1.807) is 0 Å². The van der Waals surface area contributed by atoms with Crippen molar-refractivity contribution in [3.63, 3.8) is 0 Å². The van der Waals surface area contributed by atoms with Gasteiger partial charge in [0.15, 0.2) is 0 Å². The van der Waals surface area contributed by atoms with Gasteiger partial charge in [0.1, 0.15) is 5.82 Å². The van der Waals surface area contributed by atoms with Gasteiger partial charge in [-0.15, -0.1) is 53.6 Å². The number of benzene rings is 5. The zero-order chi connectivity index (χ0) is 35.3. The number of para-hydroxylation sites is 1. The van der Waals surface area contributed by atoms with Gasteiger partial charge in [-0.25, -0.2) is 4.98 Å². The zero-order valence-corrected chi connectivity index (χ0v) is 32.6. The maximum atomic E-state index is 6.65. The van der Waals surface area contributed by atoms with Gasteiger partial charge in [-0.05, 0) is 75.6 Å². The molecule has 6 heteroatoms. The first-order valence-electron chi connectivity index (χ1n) is 17.4. The Morgan fingerprint density at radius 3 is 2.08 bits per heavy atom. The third kappa shape index (κ3) is 6.90. The van der Waals surface area contributed by atoms with Crippen molar-refractivity contribution in [1.29, 1.82) is 0 Å². The van der Waals surface area contributed by atoms with Gasteiger partial charge >= 0.3 is 0 Å². The summed E-state index contributed by atoms with van der Waals surface area (Å²) >= 11 is 0. The average molecular weight is 861 g/mol. The summed E-state index contributed by atoms with van der Waals surface area (Å²) in [6.07, 6.45) is 6.02. The Balaban J connectivity index is 0.00000420. The predicted octanol–water partition coefficient (Wildman–Crippen LogP) is 11.7. The molecule has 0 N–H and O–H groups in total. The van der Waals surface area contributed by atoms with E-state index < -0.39 is 0 Å². The third-order valence-electron chi connectivity index (χ3n) is 9.50. The van der Waals surface area contributed by atoms with E-state index in [-0.39, 0.29) is 31.9 Å². The molecule has 1 aliphatic heterocycles. The molecule has 0 amide bonds. The number of ether oxygens (including phenoxy) is 1. The molecule has 3 heterocycles. The fourth-order valence-corrected chi connectivity index (χ4v) is 6.60. The Labute approximate surface area is 321 Å². The zero-order valence-electron chi connectivity index (χ0n) is 30.3. The van der Waals surface area contributed by atoms with Gasteiger partial charge in [0.2, 0.25) is 0 Å². The number of pyridine rings is 1. The molecule has 0 saturated heterocycles. The summed E-state index contributed by atoms with van der Waals surface area (Å²) in [4.78, 5) is 9.03. The Bertz CT molecular complexity index is 2400. The number of hydrogen-bond donors (Lipinski definition) is 0. The second-order valence-corrected chi connectivity index (χ2v) is 15.2. The normalized spacial score (nSPS) is 13.2. The first kappa shape index (κ1) is 35.3. The van der Waals surface area contributed by atoms with Crippen LogP contribution < -0.4 is 14.5 Å². The fourth-order valence-electron chi connectivity index (χ4n) is 6.60. The van der Waals surface area contributed by atoms with Gasteiger partial charge in [0.05, 0.1) is 0 Å². The van der Waals surface area contributed by atoms with E-state index in [1.165, 1.54) is 11.1 Å². The first-order chi connectivity index (χ1) is 24.5. The smallest absolute Gasteiger partial charge is 0.135 e. The molecule has 0 spiro atoms. The van der Waals surface area contributed by atoms with Crippen LogP contribution in [0.2, 0.25) is 0 Å². The standard InChI is InChI=1S/C46H41N4O.Pt/c1-45(2,3)34-16-18-36(19-17-34)48-24-25-49(31-48)37-26-33(32-12-8-7-9-13-32)27-39(29-37)51-38-20-21-41-40-14-10-11-15-42(40)50(43(41)30-38)44-28-35(22-23-47-44)46(4,5)6;/h7-28,31H,1-6H3;/q-3;. The Hall–Kier alpha value is -5.12. The molecule has 264 valence electrons. The molecule has 0 atom stereocenters. The third-order valence-corrected chi connectivity index (χ3v) is 9.50. The van der Waals surface area contributed by atoms with Crippen LogP contribution in [0.1, 0.15) is 52.7 Å². The number of hydrogen-bond acceptors (Lipinski definition) is 4. The van der Waals surface area contributed by atoms with E-state index in [0.717, 1.165) is 50.1 Å². The van der Waals surface area contributed by atoms with Gasteiger partial charge in [0.25, 0.3) is 0 Å². The number of nitrogens with zero attached hydrogens (tertiary/aromatic N) is 4. The van der Waals surface area contributed by atoms with Crippen molar-refractivity contribution < 1.29 is 25.8 Å². The molecule has 0 saturated carbocycles. The van der Waals surface area contributed by atoms with E-state index in [2.05, 4.69) is 184 Å². The van der Waals surface area contributed by atoms with E-state index in [0.29, 0.717) is 11.5 Å². The molecule has 0 fully saturated rings. The summed E-state index contributed by atoms with van der Waals surface area (Å²) in [6.45, 7) is 15.5. The molecular formula is C46H41N4OPt-3. The van der Waals surface area contributed by atoms with Crippen molar-refractivity contribution in [2.75, 3.05) is 9.80 Å². The van der Waals surface area contributed by atoms with Crippen LogP contribution in [0.4, 0.5) is 11.4 Å². The largest absolute Gasteiger partial charge is 0.509 e. The van der Waals surface area contributed by atoms with Crippen LogP contribution in [0.3, 0.4) is 0 Å². The van der Waals surface area contributed by atoms with Crippen LogP contribution in [-0.2, 0) is 31.9 Å². The predicted molar refractivity (Wildman–Crippen MR) is 210 cm³/mol. The van der Waals surface area contributed by atoms with Gasteiger partial charge < -0.3 is 19.1 Å². The van der Waals surface area contributed by atoms with Gasteiger partial charge in [0, 0.05) is 50.0 Å². The van der Waals surface area contributed by atoms with Crippen molar-refractivity contribution in [2.24, 2.45) is 0 Å². The molecule has 0 unspecified atom stereocenters. The second kappa shape index (κ2) is 13.8. The van der Waals surface area contributed by atoms with Gasteiger partial charge in [-0.2, -0.15) is 6.07 Å². The number of aromatic nitrogens is 2. The van der Waals surface area contributed by atoms with E-state index in [4.69, 9.17) is 9.72 Å². The Morgan fingerprint density at radius 2 is 1.33 bits per heavy atom. The van der Waals surface area contributed by atoms with Crippen molar-refractivity contribution in [2.45, 2.75) is 52.4 Å².